The van der Waals surface area contributed by atoms with Crippen molar-refractivity contribution in [2.75, 3.05) is 23.5 Å². The first kappa shape index (κ1) is 14.1. The van der Waals surface area contributed by atoms with Gasteiger partial charge in [0.25, 0.3) is 0 Å². The molecular formula is C12H18FN3O2S. The average molecular weight is 287 g/mol. The monoisotopic (exact) mass is 287 g/mol. The molecule has 0 amide bonds. The molecule has 0 spiro atoms. The van der Waals surface area contributed by atoms with Crippen molar-refractivity contribution < 1.29 is 12.8 Å². The van der Waals surface area contributed by atoms with Gasteiger partial charge in [-0.25, -0.2) is 4.39 Å². The Labute approximate surface area is 112 Å². The number of nitrogens with one attached hydrogen (secondary N) is 1. The molecule has 1 aliphatic heterocycles. The van der Waals surface area contributed by atoms with Crippen molar-refractivity contribution in [3.05, 3.63) is 24.0 Å². The topological polar surface area (TPSA) is 75.4 Å². The van der Waals surface area contributed by atoms with E-state index in [0.717, 1.165) is 31.7 Å². The molecule has 1 aromatic rings. The Bertz CT molecular complexity index is 540. The minimum atomic E-state index is -3.61. The van der Waals surface area contributed by atoms with Gasteiger partial charge in [0.15, 0.2) is 0 Å². The summed E-state index contributed by atoms with van der Waals surface area (Å²) in [6.07, 6.45) is 3.80. The smallest absolute Gasteiger partial charge is 0.301 e. The molecule has 1 aliphatic rings. The third-order valence-electron chi connectivity index (χ3n) is 3.15. The number of nitrogens with zero attached hydrogens (tertiary/aromatic N) is 1. The molecule has 0 aromatic heterocycles. The molecule has 1 heterocycles. The first-order chi connectivity index (χ1) is 8.99. The van der Waals surface area contributed by atoms with Gasteiger partial charge in [-0.05, 0) is 25.0 Å². The van der Waals surface area contributed by atoms with Gasteiger partial charge in [0, 0.05) is 19.2 Å². The molecule has 1 saturated heterocycles. The summed E-state index contributed by atoms with van der Waals surface area (Å²) in [6.45, 7) is 1.01. The molecule has 3 N–H and O–H groups in total. The summed E-state index contributed by atoms with van der Waals surface area (Å²) in [5, 5.41) is 0. The van der Waals surface area contributed by atoms with Crippen LogP contribution in [-0.4, -0.2) is 25.8 Å². The van der Waals surface area contributed by atoms with Gasteiger partial charge >= 0.3 is 10.2 Å². The van der Waals surface area contributed by atoms with Gasteiger partial charge in [-0.3, -0.25) is 4.72 Å². The van der Waals surface area contributed by atoms with Crippen LogP contribution in [0.3, 0.4) is 0 Å². The van der Waals surface area contributed by atoms with E-state index in [1.165, 1.54) is 16.4 Å². The summed E-state index contributed by atoms with van der Waals surface area (Å²) < 4.78 is 41.4. The summed E-state index contributed by atoms with van der Waals surface area (Å²) >= 11 is 0. The molecule has 1 fully saturated rings. The van der Waals surface area contributed by atoms with Crippen LogP contribution in [0.1, 0.15) is 25.7 Å². The van der Waals surface area contributed by atoms with Crippen molar-refractivity contribution in [3.8, 4) is 0 Å². The van der Waals surface area contributed by atoms with Crippen LogP contribution >= 0.6 is 0 Å². The largest absolute Gasteiger partial charge is 0.396 e. The van der Waals surface area contributed by atoms with E-state index < -0.39 is 16.0 Å². The number of halogens is 1. The number of benzene rings is 1. The molecule has 0 radical (unpaired) electrons. The third-order valence-corrected chi connectivity index (χ3v) is 4.69. The normalized spacial score (nSPS) is 17.9. The fourth-order valence-corrected chi connectivity index (χ4v) is 3.38. The molecule has 0 unspecified atom stereocenters. The molecule has 0 atom stereocenters. The van der Waals surface area contributed by atoms with Gasteiger partial charge in [-0.2, -0.15) is 12.7 Å². The standard InChI is InChI=1S/C12H18FN3O2S/c13-11-9-10(5-6-12(11)14)15-19(17,18)16-7-3-1-2-4-8-16/h5-6,9,15H,1-4,7-8,14H2. The van der Waals surface area contributed by atoms with Crippen molar-refractivity contribution in [1.29, 1.82) is 0 Å². The highest BCUT2D eigenvalue weighted by Gasteiger charge is 2.22. The second-order valence-electron chi connectivity index (χ2n) is 4.66. The Morgan fingerprint density at radius 2 is 1.79 bits per heavy atom. The fraction of sp³-hybridized carbons (Fsp3) is 0.500. The fourth-order valence-electron chi connectivity index (χ4n) is 2.09. The predicted molar refractivity (Wildman–Crippen MR) is 73.4 cm³/mol. The zero-order valence-corrected chi connectivity index (χ0v) is 11.4. The van der Waals surface area contributed by atoms with Gasteiger partial charge in [0.05, 0.1) is 11.4 Å². The molecular weight excluding hydrogens is 269 g/mol. The summed E-state index contributed by atoms with van der Waals surface area (Å²) in [6, 6.07) is 3.88. The first-order valence-electron chi connectivity index (χ1n) is 6.32. The van der Waals surface area contributed by atoms with Gasteiger partial charge in [-0.15, -0.1) is 0 Å². The molecule has 2 rings (SSSR count). The number of hydrogen-bond donors (Lipinski definition) is 2. The van der Waals surface area contributed by atoms with E-state index in [1.807, 2.05) is 0 Å². The molecule has 19 heavy (non-hydrogen) atoms. The third kappa shape index (κ3) is 3.57. The lowest BCUT2D eigenvalue weighted by atomic mass is 10.2. The highest BCUT2D eigenvalue weighted by Crippen LogP contribution is 2.19. The quantitative estimate of drug-likeness (QED) is 0.834. The van der Waals surface area contributed by atoms with Crippen LogP contribution in [0.4, 0.5) is 15.8 Å². The molecule has 0 bridgehead atoms. The predicted octanol–water partition coefficient (Wildman–Crippen LogP) is 1.94. The van der Waals surface area contributed by atoms with Gasteiger partial charge in [-0.1, -0.05) is 12.8 Å². The molecule has 1 aromatic carbocycles. The van der Waals surface area contributed by atoms with Crippen LogP contribution in [0, 0.1) is 5.82 Å². The van der Waals surface area contributed by atoms with Crippen LogP contribution < -0.4 is 10.5 Å². The van der Waals surface area contributed by atoms with Crippen LogP contribution in [-0.2, 0) is 10.2 Å². The molecule has 0 aliphatic carbocycles. The van der Waals surface area contributed by atoms with Crippen LogP contribution in [0.15, 0.2) is 18.2 Å². The highest BCUT2D eigenvalue weighted by molar-refractivity contribution is 7.90. The molecule has 7 heteroatoms. The lowest BCUT2D eigenvalue weighted by molar-refractivity contribution is 0.427. The van der Waals surface area contributed by atoms with E-state index >= 15 is 0 Å². The van der Waals surface area contributed by atoms with Gasteiger partial charge < -0.3 is 5.73 Å². The summed E-state index contributed by atoms with van der Waals surface area (Å²) in [4.78, 5) is 0. The van der Waals surface area contributed by atoms with Crippen LogP contribution in [0.25, 0.3) is 0 Å². The van der Waals surface area contributed by atoms with E-state index in [1.54, 1.807) is 0 Å². The lowest BCUT2D eigenvalue weighted by Crippen LogP contribution is -2.36. The summed E-state index contributed by atoms with van der Waals surface area (Å²) in [5.74, 6) is -0.629. The van der Waals surface area contributed by atoms with Crippen molar-refractivity contribution in [3.63, 3.8) is 0 Å². The number of rotatable bonds is 3. The number of nitrogens with two attached hydrogens (primary N) is 1. The van der Waals surface area contributed by atoms with Crippen molar-refractivity contribution >= 4 is 21.6 Å². The minimum Gasteiger partial charge on any atom is -0.396 e. The Balaban J connectivity index is 2.13. The Kier molecular flexibility index (Phi) is 4.26. The molecule has 106 valence electrons. The zero-order chi connectivity index (χ0) is 13.9. The second-order valence-corrected chi connectivity index (χ2v) is 6.33. The maximum absolute atomic E-state index is 13.3. The molecule has 0 saturated carbocycles. The lowest BCUT2D eigenvalue weighted by Gasteiger charge is -2.20. The Hall–Kier alpha value is -1.34. The van der Waals surface area contributed by atoms with E-state index in [0.29, 0.717) is 13.1 Å². The van der Waals surface area contributed by atoms with Crippen molar-refractivity contribution in [2.24, 2.45) is 0 Å². The maximum Gasteiger partial charge on any atom is 0.301 e. The first-order valence-corrected chi connectivity index (χ1v) is 7.76. The summed E-state index contributed by atoms with van der Waals surface area (Å²) in [5.41, 5.74) is 5.54. The van der Waals surface area contributed by atoms with E-state index in [9.17, 15) is 12.8 Å². The number of anilines is 2. The Morgan fingerprint density at radius 1 is 1.16 bits per heavy atom. The van der Waals surface area contributed by atoms with Gasteiger partial charge in [0.2, 0.25) is 0 Å². The van der Waals surface area contributed by atoms with E-state index in [-0.39, 0.29) is 11.4 Å². The van der Waals surface area contributed by atoms with Crippen molar-refractivity contribution in [2.45, 2.75) is 25.7 Å². The average Bonchev–Trinajstić information content (AvgIpc) is 2.63. The maximum atomic E-state index is 13.3. The zero-order valence-electron chi connectivity index (χ0n) is 10.6. The van der Waals surface area contributed by atoms with Crippen molar-refractivity contribution in [1.82, 2.24) is 4.31 Å². The van der Waals surface area contributed by atoms with E-state index in [2.05, 4.69) is 4.72 Å². The SMILES string of the molecule is Nc1ccc(NS(=O)(=O)N2CCCCCC2)cc1F. The second kappa shape index (κ2) is 5.75. The van der Waals surface area contributed by atoms with Crippen LogP contribution in [0.5, 0.6) is 0 Å². The minimum absolute atomic E-state index is 0.00211. The van der Waals surface area contributed by atoms with E-state index in [4.69, 9.17) is 5.73 Å². The highest BCUT2D eigenvalue weighted by atomic mass is 32.2. The number of hydrogen-bond acceptors (Lipinski definition) is 3. The number of nitrogen functional groups attached to an aromatic ring is 1. The van der Waals surface area contributed by atoms with Crippen LogP contribution in [0.2, 0.25) is 0 Å². The molecule has 5 nitrogen and oxygen atoms in total. The summed E-state index contributed by atoms with van der Waals surface area (Å²) in [7, 11) is -3.61. The Morgan fingerprint density at radius 3 is 2.37 bits per heavy atom. The van der Waals surface area contributed by atoms with Gasteiger partial charge in [0.1, 0.15) is 5.82 Å².